The molecule has 3 rings (SSSR count). The van der Waals surface area contributed by atoms with Crippen LogP contribution in [0.1, 0.15) is 49.5 Å². The van der Waals surface area contributed by atoms with E-state index in [1.54, 1.807) is 18.2 Å². The van der Waals surface area contributed by atoms with E-state index in [0.29, 0.717) is 35.2 Å². The highest BCUT2D eigenvalue weighted by atomic mass is 16.5. The average molecular weight is 453 g/mol. The summed E-state index contributed by atoms with van der Waals surface area (Å²) in [6, 6.07) is 10.7. The van der Waals surface area contributed by atoms with Crippen LogP contribution in [0.25, 0.3) is 0 Å². The van der Waals surface area contributed by atoms with Crippen LogP contribution in [0.4, 0.5) is 10.5 Å². The Balaban J connectivity index is 1.82. The zero-order valence-electron chi connectivity index (χ0n) is 19.1. The number of ether oxygens (including phenoxy) is 2. The minimum Gasteiger partial charge on any atom is -0.490 e. The van der Waals surface area contributed by atoms with E-state index in [2.05, 4.69) is 0 Å². The molecule has 0 spiro atoms. The summed E-state index contributed by atoms with van der Waals surface area (Å²) in [4.78, 5) is 52.2. The van der Waals surface area contributed by atoms with Crippen molar-refractivity contribution < 1.29 is 28.7 Å². The lowest BCUT2D eigenvalue weighted by molar-refractivity contribution is -0.139. The molecule has 1 aliphatic rings. The van der Waals surface area contributed by atoms with Gasteiger partial charge in [-0.05, 0) is 37.0 Å². The van der Waals surface area contributed by atoms with E-state index in [1.165, 1.54) is 12.1 Å². The lowest BCUT2D eigenvalue weighted by Crippen LogP contribution is -2.37. The van der Waals surface area contributed by atoms with Gasteiger partial charge in [-0.25, -0.2) is 14.6 Å². The predicted molar refractivity (Wildman–Crippen MR) is 123 cm³/mol. The SMILES string of the molecule is CCCOc1ccc(N2C(=O)C(=O)N(CC(=O)c3ccc(CC)cc3)C2=O)cc1OCCC. The molecule has 0 radical (unpaired) electrons. The van der Waals surface area contributed by atoms with Crippen molar-refractivity contribution in [2.45, 2.75) is 40.0 Å². The Bertz CT molecular complexity index is 1050. The number of imide groups is 2. The Morgan fingerprint density at radius 1 is 0.818 bits per heavy atom. The number of benzene rings is 2. The van der Waals surface area contributed by atoms with E-state index in [0.717, 1.165) is 29.7 Å². The topological polar surface area (TPSA) is 93.2 Å². The summed E-state index contributed by atoms with van der Waals surface area (Å²) in [7, 11) is 0. The molecule has 2 aromatic carbocycles. The molecule has 1 heterocycles. The molecule has 2 aromatic rings. The van der Waals surface area contributed by atoms with E-state index >= 15 is 0 Å². The van der Waals surface area contributed by atoms with Gasteiger partial charge in [0.2, 0.25) is 0 Å². The van der Waals surface area contributed by atoms with Gasteiger partial charge >= 0.3 is 17.8 Å². The molecule has 8 heteroatoms. The summed E-state index contributed by atoms with van der Waals surface area (Å²) in [5, 5.41) is 0. The Labute approximate surface area is 193 Å². The van der Waals surface area contributed by atoms with Gasteiger partial charge in [0.15, 0.2) is 17.3 Å². The molecule has 8 nitrogen and oxygen atoms in total. The second-order valence-corrected chi connectivity index (χ2v) is 7.62. The van der Waals surface area contributed by atoms with Crippen LogP contribution in [0.15, 0.2) is 42.5 Å². The molecule has 0 bridgehead atoms. The Kier molecular flexibility index (Phi) is 7.82. The fraction of sp³-hybridized carbons (Fsp3) is 0.360. The van der Waals surface area contributed by atoms with Gasteiger partial charge in [0.05, 0.1) is 25.4 Å². The Morgan fingerprint density at radius 2 is 1.45 bits per heavy atom. The fourth-order valence-electron chi connectivity index (χ4n) is 3.33. The van der Waals surface area contributed by atoms with Crippen molar-refractivity contribution in [3.63, 3.8) is 0 Å². The standard InChI is InChI=1S/C25H28N2O6/c1-4-13-32-21-12-11-19(15-22(21)33-14-5-2)27-24(30)23(29)26(25(27)31)16-20(28)18-9-7-17(6-3)8-10-18/h7-12,15H,4-6,13-14,16H2,1-3H3. The van der Waals surface area contributed by atoms with Crippen LogP contribution >= 0.6 is 0 Å². The van der Waals surface area contributed by atoms with Gasteiger partial charge in [0.25, 0.3) is 0 Å². The Morgan fingerprint density at radius 3 is 2.06 bits per heavy atom. The van der Waals surface area contributed by atoms with Crippen LogP contribution in [-0.2, 0) is 16.0 Å². The molecule has 1 fully saturated rings. The number of ketones is 1. The second-order valence-electron chi connectivity index (χ2n) is 7.62. The number of hydrogen-bond donors (Lipinski definition) is 0. The first-order chi connectivity index (χ1) is 15.9. The van der Waals surface area contributed by atoms with E-state index in [-0.39, 0.29) is 5.69 Å². The van der Waals surface area contributed by atoms with Crippen LogP contribution in [0.2, 0.25) is 0 Å². The first kappa shape index (κ1) is 24.0. The number of aryl methyl sites for hydroxylation is 1. The number of Topliss-reactive ketones (excluding diaryl/α,β-unsaturated/α-hetero) is 1. The summed E-state index contributed by atoms with van der Waals surface area (Å²) in [6.45, 7) is 6.32. The highest BCUT2D eigenvalue weighted by molar-refractivity contribution is 6.53. The van der Waals surface area contributed by atoms with E-state index < -0.39 is 30.2 Å². The molecule has 1 saturated heterocycles. The molecule has 0 saturated carbocycles. The van der Waals surface area contributed by atoms with Gasteiger partial charge in [0, 0.05) is 11.6 Å². The maximum absolute atomic E-state index is 13.0. The van der Waals surface area contributed by atoms with E-state index in [4.69, 9.17) is 9.47 Å². The Hall–Kier alpha value is -3.68. The quantitative estimate of drug-likeness (QED) is 0.291. The van der Waals surface area contributed by atoms with Crippen molar-refractivity contribution in [3.05, 3.63) is 53.6 Å². The van der Waals surface area contributed by atoms with Gasteiger partial charge in [-0.15, -0.1) is 0 Å². The molecule has 33 heavy (non-hydrogen) atoms. The van der Waals surface area contributed by atoms with Crippen molar-refractivity contribution in [3.8, 4) is 11.5 Å². The van der Waals surface area contributed by atoms with Crippen molar-refractivity contribution in [1.82, 2.24) is 4.90 Å². The van der Waals surface area contributed by atoms with Crippen LogP contribution in [0.5, 0.6) is 11.5 Å². The number of rotatable bonds is 11. The van der Waals surface area contributed by atoms with Crippen molar-refractivity contribution in [2.75, 3.05) is 24.7 Å². The zero-order chi connectivity index (χ0) is 24.0. The molecule has 0 aliphatic carbocycles. The molecule has 174 valence electrons. The van der Waals surface area contributed by atoms with Crippen molar-refractivity contribution >= 4 is 29.3 Å². The van der Waals surface area contributed by atoms with E-state index in [9.17, 15) is 19.2 Å². The third-order valence-corrected chi connectivity index (χ3v) is 5.15. The van der Waals surface area contributed by atoms with Gasteiger partial charge in [-0.3, -0.25) is 14.4 Å². The number of carbonyl (C=O) groups excluding carboxylic acids is 4. The maximum atomic E-state index is 13.0. The monoisotopic (exact) mass is 452 g/mol. The largest absolute Gasteiger partial charge is 0.490 e. The van der Waals surface area contributed by atoms with Crippen molar-refractivity contribution in [2.24, 2.45) is 0 Å². The number of carbonyl (C=O) groups is 4. The van der Waals surface area contributed by atoms with Gasteiger partial charge in [0.1, 0.15) is 0 Å². The summed E-state index contributed by atoms with van der Waals surface area (Å²) >= 11 is 0. The third kappa shape index (κ3) is 5.22. The highest BCUT2D eigenvalue weighted by Crippen LogP contribution is 2.34. The normalized spacial score (nSPS) is 13.6. The zero-order valence-corrected chi connectivity index (χ0v) is 19.1. The molecule has 0 atom stereocenters. The number of anilines is 1. The van der Waals surface area contributed by atoms with E-state index in [1.807, 2.05) is 32.9 Å². The lowest BCUT2D eigenvalue weighted by Gasteiger charge is -2.18. The van der Waals surface area contributed by atoms with Gasteiger partial charge in [-0.1, -0.05) is 45.0 Å². The second kappa shape index (κ2) is 10.8. The summed E-state index contributed by atoms with van der Waals surface area (Å²) in [5.74, 6) is -1.62. The molecule has 0 unspecified atom stereocenters. The number of amides is 4. The van der Waals surface area contributed by atoms with Crippen LogP contribution in [0, 0.1) is 0 Å². The number of urea groups is 1. The summed E-state index contributed by atoms with van der Waals surface area (Å²) < 4.78 is 11.4. The van der Waals surface area contributed by atoms with Crippen LogP contribution < -0.4 is 14.4 Å². The van der Waals surface area contributed by atoms with Gasteiger partial charge in [-0.2, -0.15) is 0 Å². The van der Waals surface area contributed by atoms with Crippen LogP contribution in [-0.4, -0.2) is 48.3 Å². The minimum absolute atomic E-state index is 0.176. The summed E-state index contributed by atoms with van der Waals surface area (Å²) in [5.41, 5.74) is 1.61. The summed E-state index contributed by atoms with van der Waals surface area (Å²) in [6.07, 6.45) is 2.39. The maximum Gasteiger partial charge on any atom is 0.339 e. The molecule has 4 amide bonds. The molecular weight excluding hydrogens is 424 g/mol. The lowest BCUT2D eigenvalue weighted by atomic mass is 10.1. The molecular formula is C25H28N2O6. The fourth-order valence-corrected chi connectivity index (χ4v) is 3.33. The molecule has 0 N–H and O–H groups in total. The molecule has 1 aliphatic heterocycles. The number of nitrogens with zero attached hydrogens (tertiary/aromatic N) is 2. The molecule has 0 aromatic heterocycles. The first-order valence-electron chi connectivity index (χ1n) is 11.1. The van der Waals surface area contributed by atoms with Crippen LogP contribution in [0.3, 0.4) is 0 Å². The van der Waals surface area contributed by atoms with Crippen molar-refractivity contribution in [1.29, 1.82) is 0 Å². The smallest absolute Gasteiger partial charge is 0.339 e. The minimum atomic E-state index is -1.04. The average Bonchev–Trinajstić information content (AvgIpc) is 3.04. The first-order valence-corrected chi connectivity index (χ1v) is 11.1. The third-order valence-electron chi connectivity index (χ3n) is 5.15. The number of hydrogen-bond acceptors (Lipinski definition) is 6. The predicted octanol–water partition coefficient (Wildman–Crippen LogP) is 4.00. The van der Waals surface area contributed by atoms with Gasteiger partial charge < -0.3 is 9.47 Å². The highest BCUT2D eigenvalue weighted by Gasteiger charge is 2.46.